The van der Waals surface area contributed by atoms with Gasteiger partial charge in [-0.1, -0.05) is 29.8 Å². The molecule has 0 bridgehead atoms. The van der Waals surface area contributed by atoms with Crippen molar-refractivity contribution in [3.8, 4) is 11.3 Å². The summed E-state index contributed by atoms with van der Waals surface area (Å²) in [6.45, 7) is 2.44. The second kappa shape index (κ2) is 7.57. The van der Waals surface area contributed by atoms with Gasteiger partial charge in [-0.15, -0.1) is 11.8 Å². The summed E-state index contributed by atoms with van der Waals surface area (Å²) in [5.74, 6) is 0. The van der Waals surface area contributed by atoms with Crippen molar-refractivity contribution < 1.29 is 5.11 Å². The van der Waals surface area contributed by atoms with Gasteiger partial charge in [-0.25, -0.2) is 4.98 Å². The predicted molar refractivity (Wildman–Crippen MR) is 110 cm³/mol. The quantitative estimate of drug-likeness (QED) is 0.653. The van der Waals surface area contributed by atoms with E-state index in [2.05, 4.69) is 35.4 Å². The molecule has 4 rings (SSSR count). The standard InChI is InChI=1S/C21H21ClN2OS/c1-26-19-7-4-15-10-16(12-24-9-8-18(25)13-24)21(23-20(15)11-19)14-2-5-17(22)6-3-14/h2-7,10-11,18,25H,8-9,12-13H2,1H3/t18-/m1/s1. The van der Waals surface area contributed by atoms with Gasteiger partial charge in [0.25, 0.3) is 0 Å². The van der Waals surface area contributed by atoms with Gasteiger partial charge in [0.2, 0.25) is 0 Å². The summed E-state index contributed by atoms with van der Waals surface area (Å²) in [7, 11) is 0. The Morgan fingerprint density at radius 1 is 1.19 bits per heavy atom. The van der Waals surface area contributed by atoms with Gasteiger partial charge in [-0.3, -0.25) is 4.90 Å². The molecule has 2 aromatic carbocycles. The lowest BCUT2D eigenvalue weighted by Crippen LogP contribution is -2.22. The SMILES string of the molecule is CSc1ccc2cc(CN3CC[C@@H](O)C3)c(-c3ccc(Cl)cc3)nc2c1. The summed E-state index contributed by atoms with van der Waals surface area (Å²) in [4.78, 5) is 8.50. The van der Waals surface area contributed by atoms with E-state index in [9.17, 15) is 5.11 Å². The maximum absolute atomic E-state index is 9.85. The highest BCUT2D eigenvalue weighted by Crippen LogP contribution is 2.30. The normalized spacial score (nSPS) is 17.9. The van der Waals surface area contributed by atoms with Gasteiger partial charge < -0.3 is 5.11 Å². The maximum Gasteiger partial charge on any atom is 0.0754 e. The first-order valence-corrected chi connectivity index (χ1v) is 10.4. The van der Waals surface area contributed by atoms with Crippen molar-refractivity contribution in [3.63, 3.8) is 0 Å². The van der Waals surface area contributed by atoms with Crippen LogP contribution in [0, 0.1) is 0 Å². The Balaban J connectivity index is 1.81. The molecule has 3 nitrogen and oxygen atoms in total. The van der Waals surface area contributed by atoms with Crippen molar-refractivity contribution in [3.05, 3.63) is 59.1 Å². The molecule has 0 amide bonds. The number of nitrogens with zero attached hydrogens (tertiary/aromatic N) is 2. The van der Waals surface area contributed by atoms with E-state index in [4.69, 9.17) is 16.6 Å². The van der Waals surface area contributed by atoms with Gasteiger partial charge in [0.1, 0.15) is 0 Å². The van der Waals surface area contributed by atoms with Crippen molar-refractivity contribution in [2.45, 2.75) is 24.0 Å². The second-order valence-electron chi connectivity index (χ2n) is 6.74. The monoisotopic (exact) mass is 384 g/mol. The highest BCUT2D eigenvalue weighted by molar-refractivity contribution is 7.98. The Kier molecular flexibility index (Phi) is 5.18. The average Bonchev–Trinajstić information content (AvgIpc) is 3.06. The summed E-state index contributed by atoms with van der Waals surface area (Å²) < 4.78 is 0. The first-order chi connectivity index (χ1) is 12.6. The number of fused-ring (bicyclic) bond motifs is 1. The lowest BCUT2D eigenvalue weighted by Gasteiger charge is -2.18. The average molecular weight is 385 g/mol. The maximum atomic E-state index is 9.85. The van der Waals surface area contributed by atoms with E-state index in [1.807, 2.05) is 24.3 Å². The molecule has 0 radical (unpaired) electrons. The van der Waals surface area contributed by atoms with Crippen LogP contribution in [0.2, 0.25) is 5.02 Å². The second-order valence-corrected chi connectivity index (χ2v) is 8.06. The molecule has 134 valence electrons. The lowest BCUT2D eigenvalue weighted by atomic mass is 10.0. The van der Waals surface area contributed by atoms with Crippen LogP contribution in [-0.4, -0.2) is 40.4 Å². The first kappa shape index (κ1) is 17.8. The van der Waals surface area contributed by atoms with E-state index in [0.717, 1.165) is 53.2 Å². The third kappa shape index (κ3) is 3.74. The van der Waals surface area contributed by atoms with Crippen molar-refractivity contribution in [1.29, 1.82) is 0 Å². The van der Waals surface area contributed by atoms with Gasteiger partial charge in [-0.2, -0.15) is 0 Å². The lowest BCUT2D eigenvalue weighted by molar-refractivity contribution is 0.175. The molecule has 1 aliphatic rings. The van der Waals surface area contributed by atoms with Crippen molar-refractivity contribution in [2.24, 2.45) is 0 Å². The third-order valence-electron chi connectivity index (χ3n) is 4.86. The van der Waals surface area contributed by atoms with Crippen molar-refractivity contribution in [1.82, 2.24) is 9.88 Å². The number of rotatable bonds is 4. The van der Waals surface area contributed by atoms with E-state index in [1.165, 1.54) is 10.5 Å². The largest absolute Gasteiger partial charge is 0.392 e. The number of hydrogen-bond donors (Lipinski definition) is 1. The Hall–Kier alpha value is -1.59. The molecule has 1 fully saturated rings. The number of halogens is 1. The number of aliphatic hydroxyl groups is 1. The molecular weight excluding hydrogens is 364 g/mol. The van der Waals surface area contributed by atoms with Crippen LogP contribution in [-0.2, 0) is 6.54 Å². The number of aliphatic hydroxyl groups excluding tert-OH is 1. The zero-order valence-corrected chi connectivity index (χ0v) is 16.2. The fourth-order valence-electron chi connectivity index (χ4n) is 3.49. The fourth-order valence-corrected chi connectivity index (χ4v) is 4.05. The molecule has 2 heterocycles. The molecule has 1 saturated heterocycles. The number of thioether (sulfide) groups is 1. The Labute approximate surface area is 163 Å². The number of likely N-dealkylation sites (tertiary alicyclic amines) is 1. The molecule has 0 aliphatic carbocycles. The molecule has 5 heteroatoms. The van der Waals surface area contributed by atoms with E-state index < -0.39 is 0 Å². The summed E-state index contributed by atoms with van der Waals surface area (Å²) >= 11 is 7.79. The molecule has 0 unspecified atom stereocenters. The smallest absolute Gasteiger partial charge is 0.0754 e. The molecule has 0 saturated carbocycles. The van der Waals surface area contributed by atoms with Crippen LogP contribution in [0.15, 0.2) is 53.4 Å². The van der Waals surface area contributed by atoms with Crippen LogP contribution >= 0.6 is 23.4 Å². The number of hydrogen-bond acceptors (Lipinski definition) is 4. The molecule has 26 heavy (non-hydrogen) atoms. The molecule has 0 spiro atoms. The highest BCUT2D eigenvalue weighted by Gasteiger charge is 2.22. The first-order valence-electron chi connectivity index (χ1n) is 8.76. The Morgan fingerprint density at radius 2 is 2.00 bits per heavy atom. The van der Waals surface area contributed by atoms with Crippen molar-refractivity contribution >= 4 is 34.3 Å². The number of aromatic nitrogens is 1. The van der Waals surface area contributed by atoms with Crippen LogP contribution in [0.5, 0.6) is 0 Å². The Morgan fingerprint density at radius 3 is 2.69 bits per heavy atom. The minimum Gasteiger partial charge on any atom is -0.392 e. The summed E-state index contributed by atoms with van der Waals surface area (Å²) in [6, 6.07) is 16.5. The zero-order valence-electron chi connectivity index (χ0n) is 14.7. The molecule has 1 atom stereocenters. The molecule has 1 aromatic heterocycles. The third-order valence-corrected chi connectivity index (χ3v) is 5.84. The van der Waals surface area contributed by atoms with Crippen LogP contribution < -0.4 is 0 Å². The molecule has 1 N–H and O–H groups in total. The van der Waals surface area contributed by atoms with Crippen LogP contribution in [0.25, 0.3) is 22.2 Å². The Bertz CT molecular complexity index is 929. The van der Waals surface area contributed by atoms with Crippen LogP contribution in [0.4, 0.5) is 0 Å². The molecule has 1 aliphatic heterocycles. The number of β-amino-alcohol motifs (C(OH)–C–C–N with tert-alkyl or cyclic N) is 1. The minimum atomic E-state index is -0.216. The van der Waals surface area contributed by atoms with Crippen molar-refractivity contribution in [2.75, 3.05) is 19.3 Å². The predicted octanol–water partition coefficient (Wildman–Crippen LogP) is 4.84. The van der Waals surface area contributed by atoms with E-state index >= 15 is 0 Å². The summed E-state index contributed by atoms with van der Waals surface area (Å²) in [6.07, 6.45) is 2.70. The van der Waals surface area contributed by atoms with Crippen LogP contribution in [0.3, 0.4) is 0 Å². The minimum absolute atomic E-state index is 0.216. The number of benzene rings is 2. The van der Waals surface area contributed by atoms with Crippen LogP contribution in [0.1, 0.15) is 12.0 Å². The van der Waals surface area contributed by atoms with Gasteiger partial charge in [0, 0.05) is 40.5 Å². The topological polar surface area (TPSA) is 36.4 Å². The highest BCUT2D eigenvalue weighted by atomic mass is 35.5. The van der Waals surface area contributed by atoms with Gasteiger partial charge >= 0.3 is 0 Å². The van der Waals surface area contributed by atoms with E-state index in [-0.39, 0.29) is 6.10 Å². The molecule has 3 aromatic rings. The van der Waals surface area contributed by atoms with E-state index in [0.29, 0.717) is 0 Å². The van der Waals surface area contributed by atoms with Gasteiger partial charge in [-0.05, 0) is 48.6 Å². The summed E-state index contributed by atoms with van der Waals surface area (Å²) in [5, 5.41) is 11.7. The summed E-state index contributed by atoms with van der Waals surface area (Å²) in [5.41, 5.74) is 4.26. The van der Waals surface area contributed by atoms with Gasteiger partial charge in [0.15, 0.2) is 0 Å². The van der Waals surface area contributed by atoms with Gasteiger partial charge in [0.05, 0.1) is 17.3 Å². The number of pyridine rings is 1. The van der Waals surface area contributed by atoms with E-state index in [1.54, 1.807) is 11.8 Å². The molecular formula is C21H21ClN2OS. The fraction of sp³-hybridized carbons (Fsp3) is 0.286. The zero-order chi connectivity index (χ0) is 18.1.